The SMILES string of the molecule is C=C/C(=C\C=C/C)c1cccc(C(=O)NC2CCN(c3ccc(CN4CCC(NC(=O)c5ccc(Cl)c(/C(C=C)=C/C=C\C)c5)CC4)cn3)CC2)c1. The van der Waals surface area contributed by atoms with Crippen molar-refractivity contribution in [2.75, 3.05) is 31.1 Å². The van der Waals surface area contributed by atoms with Crippen LogP contribution in [0.2, 0.25) is 5.02 Å². The van der Waals surface area contributed by atoms with E-state index in [0.29, 0.717) is 16.1 Å². The molecular weight excluding hydrogens is 666 g/mol. The number of pyridine rings is 1. The van der Waals surface area contributed by atoms with Crippen molar-refractivity contribution in [3.8, 4) is 0 Å². The number of rotatable bonds is 13. The number of nitrogens with one attached hydrogen (secondary N) is 2. The zero-order valence-corrected chi connectivity index (χ0v) is 31.1. The average Bonchev–Trinajstić information content (AvgIpc) is 3.17. The van der Waals surface area contributed by atoms with Gasteiger partial charge in [-0.25, -0.2) is 4.98 Å². The average molecular weight is 716 g/mol. The highest BCUT2D eigenvalue weighted by Crippen LogP contribution is 2.27. The highest BCUT2D eigenvalue weighted by Gasteiger charge is 2.24. The lowest BCUT2D eigenvalue weighted by Gasteiger charge is -2.34. The lowest BCUT2D eigenvalue weighted by atomic mass is 10.0. The number of nitrogens with zero attached hydrogens (tertiary/aromatic N) is 3. The van der Waals surface area contributed by atoms with Crippen LogP contribution in [0.25, 0.3) is 11.1 Å². The van der Waals surface area contributed by atoms with Gasteiger partial charge >= 0.3 is 0 Å². The fraction of sp³-hybridized carbons (Fsp3) is 0.295. The van der Waals surface area contributed by atoms with Gasteiger partial charge in [-0.2, -0.15) is 0 Å². The number of amides is 2. The lowest BCUT2D eigenvalue weighted by Crippen LogP contribution is -2.45. The summed E-state index contributed by atoms with van der Waals surface area (Å²) in [6.45, 7) is 16.0. The number of piperidine rings is 2. The van der Waals surface area contributed by atoms with Gasteiger partial charge in [0.2, 0.25) is 0 Å². The van der Waals surface area contributed by atoms with Gasteiger partial charge in [0.05, 0.1) is 0 Å². The second-order valence-corrected chi connectivity index (χ2v) is 13.7. The first-order valence-electron chi connectivity index (χ1n) is 18.2. The summed E-state index contributed by atoms with van der Waals surface area (Å²) in [7, 11) is 0. The van der Waals surface area contributed by atoms with Gasteiger partial charge in [0.25, 0.3) is 11.8 Å². The molecule has 2 amide bonds. The first-order valence-corrected chi connectivity index (χ1v) is 18.5. The molecule has 3 aromatic rings. The lowest BCUT2D eigenvalue weighted by molar-refractivity contribution is 0.0906. The molecule has 1 aromatic heterocycles. The van der Waals surface area contributed by atoms with E-state index in [1.807, 2.05) is 92.9 Å². The number of benzene rings is 2. The largest absolute Gasteiger partial charge is 0.356 e. The van der Waals surface area contributed by atoms with E-state index in [0.717, 1.165) is 86.5 Å². The number of hydrogen-bond acceptors (Lipinski definition) is 5. The first-order chi connectivity index (χ1) is 25.3. The zero-order valence-electron chi connectivity index (χ0n) is 30.4. The van der Waals surface area contributed by atoms with Crippen LogP contribution in [0.15, 0.2) is 123 Å². The van der Waals surface area contributed by atoms with Crippen LogP contribution in [0.5, 0.6) is 0 Å². The maximum absolute atomic E-state index is 13.2. The Kier molecular flexibility index (Phi) is 14.0. The second kappa shape index (κ2) is 19.0. The molecular formula is C44H50ClN5O2. The molecule has 0 saturated carbocycles. The Bertz CT molecular complexity index is 1840. The summed E-state index contributed by atoms with van der Waals surface area (Å²) < 4.78 is 0. The zero-order chi connectivity index (χ0) is 36.9. The van der Waals surface area contributed by atoms with Crippen molar-refractivity contribution < 1.29 is 9.59 Å². The molecule has 5 rings (SSSR count). The molecule has 8 heteroatoms. The van der Waals surface area contributed by atoms with E-state index in [4.69, 9.17) is 16.6 Å². The topological polar surface area (TPSA) is 77.6 Å². The molecule has 270 valence electrons. The Morgan fingerprint density at radius 2 is 1.38 bits per heavy atom. The van der Waals surface area contributed by atoms with Crippen LogP contribution < -0.4 is 15.5 Å². The van der Waals surface area contributed by atoms with Crippen LogP contribution in [-0.4, -0.2) is 60.0 Å². The van der Waals surface area contributed by atoms with Crippen molar-refractivity contribution in [3.05, 3.63) is 155 Å². The molecule has 2 fully saturated rings. The van der Waals surface area contributed by atoms with Gasteiger partial charge in [-0.05, 0) is 98.2 Å². The molecule has 2 N–H and O–H groups in total. The third-order valence-electron chi connectivity index (χ3n) is 9.67. The predicted octanol–water partition coefficient (Wildman–Crippen LogP) is 8.82. The number of hydrogen-bond donors (Lipinski definition) is 2. The molecule has 2 aliphatic rings. The molecule has 2 aromatic carbocycles. The van der Waals surface area contributed by atoms with Crippen LogP contribution in [0.4, 0.5) is 5.82 Å². The number of anilines is 1. The standard InChI is InChI=1S/C44H50ClN5O2/c1-5-9-12-33(7-3)35-14-11-15-36(28-35)43(51)48-39-22-26-50(27-23-39)42-19-16-32(30-46-42)31-49-24-20-38(21-25-49)47-44(52)37-17-18-41(45)40(29-37)34(8-4)13-10-6-2/h5-19,28-30,38-39H,3-4,20-27,31H2,1-2H3,(H,47,52)(H,48,51)/b9-5-,10-6-,33-12+,34-13+. The third-order valence-corrected chi connectivity index (χ3v) is 10.00. The van der Waals surface area contributed by atoms with Gasteiger partial charge in [0, 0.05) is 72.7 Å². The second-order valence-electron chi connectivity index (χ2n) is 13.3. The minimum absolute atomic E-state index is 0.0463. The molecule has 2 saturated heterocycles. The van der Waals surface area contributed by atoms with E-state index >= 15 is 0 Å². The molecule has 7 nitrogen and oxygen atoms in total. The van der Waals surface area contributed by atoms with Crippen molar-refractivity contribution in [1.29, 1.82) is 0 Å². The van der Waals surface area contributed by atoms with Crippen molar-refractivity contribution >= 4 is 40.4 Å². The molecule has 2 aliphatic heterocycles. The number of carbonyl (C=O) groups is 2. The number of halogens is 1. The van der Waals surface area contributed by atoms with E-state index in [9.17, 15) is 9.59 Å². The van der Waals surface area contributed by atoms with Gasteiger partial charge in [0.15, 0.2) is 0 Å². The quantitative estimate of drug-likeness (QED) is 0.173. The Balaban J connectivity index is 1.06. The smallest absolute Gasteiger partial charge is 0.251 e. The molecule has 3 heterocycles. The molecule has 0 unspecified atom stereocenters. The van der Waals surface area contributed by atoms with E-state index in [2.05, 4.69) is 45.7 Å². The normalized spacial score (nSPS) is 16.7. The predicted molar refractivity (Wildman–Crippen MR) is 217 cm³/mol. The van der Waals surface area contributed by atoms with E-state index in [-0.39, 0.29) is 23.9 Å². The summed E-state index contributed by atoms with van der Waals surface area (Å²) >= 11 is 6.46. The summed E-state index contributed by atoms with van der Waals surface area (Å²) in [6.07, 6.45) is 20.8. The summed E-state index contributed by atoms with van der Waals surface area (Å²) in [5.74, 6) is 0.837. The van der Waals surface area contributed by atoms with Gasteiger partial charge in [0.1, 0.15) is 5.82 Å². The fourth-order valence-electron chi connectivity index (χ4n) is 6.66. The van der Waals surface area contributed by atoms with Crippen molar-refractivity contribution in [1.82, 2.24) is 20.5 Å². The molecule has 0 aliphatic carbocycles. The fourth-order valence-corrected chi connectivity index (χ4v) is 6.89. The number of aromatic nitrogens is 1. The minimum Gasteiger partial charge on any atom is -0.356 e. The molecule has 0 atom stereocenters. The Labute approximate surface area is 314 Å². The van der Waals surface area contributed by atoms with Crippen LogP contribution >= 0.6 is 11.6 Å². The van der Waals surface area contributed by atoms with Crippen molar-refractivity contribution in [3.63, 3.8) is 0 Å². The molecule has 52 heavy (non-hydrogen) atoms. The summed E-state index contributed by atoms with van der Waals surface area (Å²) in [4.78, 5) is 35.8. The van der Waals surface area contributed by atoms with E-state index in [1.54, 1.807) is 18.2 Å². The van der Waals surface area contributed by atoms with E-state index < -0.39 is 0 Å². The summed E-state index contributed by atoms with van der Waals surface area (Å²) in [5.41, 5.74) is 6.03. The monoisotopic (exact) mass is 715 g/mol. The molecule has 0 bridgehead atoms. The Morgan fingerprint density at radius 1 is 0.788 bits per heavy atom. The Hall–Kier alpha value is -4.98. The maximum atomic E-state index is 13.2. The Morgan fingerprint density at radius 3 is 1.98 bits per heavy atom. The highest BCUT2D eigenvalue weighted by atomic mass is 35.5. The highest BCUT2D eigenvalue weighted by molar-refractivity contribution is 6.32. The third kappa shape index (κ3) is 10.3. The van der Waals surface area contributed by atoms with Crippen LogP contribution in [-0.2, 0) is 6.54 Å². The van der Waals surface area contributed by atoms with Gasteiger partial charge in [-0.15, -0.1) is 0 Å². The van der Waals surface area contributed by atoms with E-state index in [1.165, 1.54) is 5.56 Å². The number of carbonyl (C=O) groups excluding carboxylic acids is 2. The van der Waals surface area contributed by atoms with Gasteiger partial charge < -0.3 is 15.5 Å². The van der Waals surface area contributed by atoms with Gasteiger partial charge in [-0.3, -0.25) is 14.5 Å². The summed E-state index contributed by atoms with van der Waals surface area (Å²) in [6, 6.07) is 17.6. The number of likely N-dealkylation sites (tertiary alicyclic amines) is 1. The van der Waals surface area contributed by atoms with Crippen molar-refractivity contribution in [2.45, 2.75) is 58.2 Å². The molecule has 0 radical (unpaired) electrons. The summed E-state index contributed by atoms with van der Waals surface area (Å²) in [5, 5.41) is 7.06. The maximum Gasteiger partial charge on any atom is 0.251 e. The van der Waals surface area contributed by atoms with Crippen LogP contribution in [0.1, 0.15) is 76.9 Å². The van der Waals surface area contributed by atoms with Gasteiger partial charge in [-0.1, -0.05) is 91.6 Å². The molecule has 0 spiro atoms. The number of allylic oxidation sites excluding steroid dienone is 10. The van der Waals surface area contributed by atoms with Crippen LogP contribution in [0, 0.1) is 0 Å². The van der Waals surface area contributed by atoms with Crippen molar-refractivity contribution in [2.24, 2.45) is 0 Å². The van der Waals surface area contributed by atoms with Crippen LogP contribution in [0.3, 0.4) is 0 Å². The first kappa shape index (κ1) is 38.3. The minimum atomic E-state index is -0.0852.